The molecule has 0 aliphatic carbocycles. The fourth-order valence-electron chi connectivity index (χ4n) is 3.60. The maximum atomic E-state index is 2.58. The Morgan fingerprint density at radius 1 is 0.800 bits per heavy atom. The molecule has 0 radical (unpaired) electrons. The van der Waals surface area contributed by atoms with E-state index in [1.165, 1.54) is 47.7 Å². The van der Waals surface area contributed by atoms with Gasteiger partial charge in [-0.15, -0.1) is 0 Å². The van der Waals surface area contributed by atoms with Gasteiger partial charge in [-0.1, -0.05) is 36.4 Å². The average Bonchev–Trinajstić information content (AvgIpc) is 2.83. The number of piperidine rings is 1. The van der Waals surface area contributed by atoms with Gasteiger partial charge in [0.15, 0.2) is 0 Å². The Morgan fingerprint density at radius 2 is 1.30 bits per heavy atom. The van der Waals surface area contributed by atoms with Gasteiger partial charge in [0.25, 0.3) is 0 Å². The Hall–Kier alpha value is -1.80. The van der Waals surface area contributed by atoms with E-state index in [9.17, 15) is 0 Å². The fraction of sp³-hybridized carbons (Fsp3) is 0.333. The zero-order chi connectivity index (χ0) is 13.5. The fourth-order valence-corrected chi connectivity index (χ4v) is 3.60. The summed E-state index contributed by atoms with van der Waals surface area (Å²) in [6, 6.07) is 18.3. The highest BCUT2D eigenvalue weighted by molar-refractivity contribution is 6.08. The SMILES string of the molecule is CN1CCC(n2c3ccccc3c3ccccc32)CC1. The van der Waals surface area contributed by atoms with Crippen LogP contribution in [0.3, 0.4) is 0 Å². The van der Waals surface area contributed by atoms with E-state index in [1.54, 1.807) is 0 Å². The van der Waals surface area contributed by atoms with Crippen molar-refractivity contribution in [1.29, 1.82) is 0 Å². The van der Waals surface area contributed by atoms with E-state index in [-0.39, 0.29) is 0 Å². The number of fused-ring (bicyclic) bond motifs is 3. The molecule has 4 rings (SSSR count). The summed E-state index contributed by atoms with van der Waals surface area (Å²) in [5, 5.41) is 2.78. The zero-order valence-electron chi connectivity index (χ0n) is 11.9. The van der Waals surface area contributed by atoms with Crippen molar-refractivity contribution in [1.82, 2.24) is 9.47 Å². The molecular formula is C18H20N2. The molecule has 0 unspecified atom stereocenters. The van der Waals surface area contributed by atoms with Crippen molar-refractivity contribution in [3.8, 4) is 0 Å². The van der Waals surface area contributed by atoms with E-state index in [1.807, 2.05) is 0 Å². The second kappa shape index (κ2) is 4.64. The molecule has 0 atom stereocenters. The molecule has 0 N–H and O–H groups in total. The van der Waals surface area contributed by atoms with Crippen LogP contribution in [0.2, 0.25) is 0 Å². The van der Waals surface area contributed by atoms with Gasteiger partial charge in [0.1, 0.15) is 0 Å². The van der Waals surface area contributed by atoms with Gasteiger partial charge in [-0.3, -0.25) is 0 Å². The van der Waals surface area contributed by atoms with Gasteiger partial charge in [0.2, 0.25) is 0 Å². The van der Waals surface area contributed by atoms with E-state index in [0.717, 1.165) is 0 Å². The van der Waals surface area contributed by atoms with Crippen LogP contribution in [-0.4, -0.2) is 29.6 Å². The number of rotatable bonds is 1. The van der Waals surface area contributed by atoms with E-state index in [0.29, 0.717) is 6.04 Å². The smallest absolute Gasteiger partial charge is 0.0494 e. The van der Waals surface area contributed by atoms with Gasteiger partial charge >= 0.3 is 0 Å². The highest BCUT2D eigenvalue weighted by Crippen LogP contribution is 2.34. The molecule has 1 saturated heterocycles. The summed E-state index contributed by atoms with van der Waals surface area (Å²) in [5.41, 5.74) is 2.78. The van der Waals surface area contributed by atoms with E-state index in [2.05, 4.69) is 65.0 Å². The number of aromatic nitrogens is 1. The third kappa shape index (κ3) is 1.75. The topological polar surface area (TPSA) is 8.17 Å². The predicted octanol–water partition coefficient (Wildman–Crippen LogP) is 4.06. The van der Waals surface area contributed by atoms with Crippen LogP contribution >= 0.6 is 0 Å². The average molecular weight is 264 g/mol. The van der Waals surface area contributed by atoms with Gasteiger partial charge < -0.3 is 9.47 Å². The monoisotopic (exact) mass is 264 g/mol. The quantitative estimate of drug-likeness (QED) is 0.643. The lowest BCUT2D eigenvalue weighted by molar-refractivity contribution is 0.226. The van der Waals surface area contributed by atoms with Gasteiger partial charge in [-0.2, -0.15) is 0 Å². The van der Waals surface area contributed by atoms with Gasteiger partial charge in [0, 0.05) is 27.8 Å². The number of benzene rings is 2. The molecule has 1 aliphatic rings. The summed E-state index contributed by atoms with van der Waals surface area (Å²) in [6.07, 6.45) is 2.50. The highest BCUT2D eigenvalue weighted by Gasteiger charge is 2.21. The van der Waals surface area contributed by atoms with Gasteiger partial charge in [0.05, 0.1) is 0 Å². The number of nitrogens with zero attached hydrogens (tertiary/aromatic N) is 2. The maximum absolute atomic E-state index is 2.58. The molecule has 0 amide bonds. The van der Waals surface area contributed by atoms with E-state index < -0.39 is 0 Å². The molecule has 0 spiro atoms. The standard InChI is InChI=1S/C18H20N2/c1-19-12-10-14(11-13-19)20-17-8-4-2-6-15(17)16-7-3-5-9-18(16)20/h2-9,14H,10-13H2,1H3. The number of para-hydroxylation sites is 2. The molecule has 102 valence electrons. The van der Waals surface area contributed by atoms with Crippen molar-refractivity contribution in [3.05, 3.63) is 48.5 Å². The minimum atomic E-state index is 0.635. The van der Waals surface area contributed by atoms with E-state index >= 15 is 0 Å². The highest BCUT2D eigenvalue weighted by atomic mass is 15.1. The van der Waals surface area contributed by atoms with Crippen molar-refractivity contribution in [2.75, 3.05) is 20.1 Å². The Balaban J connectivity index is 1.96. The van der Waals surface area contributed by atoms with Crippen LogP contribution in [0.25, 0.3) is 21.8 Å². The second-order valence-electron chi connectivity index (χ2n) is 5.94. The first-order valence-electron chi connectivity index (χ1n) is 7.51. The summed E-state index contributed by atoms with van der Waals surface area (Å²) >= 11 is 0. The second-order valence-corrected chi connectivity index (χ2v) is 5.94. The lowest BCUT2D eigenvalue weighted by atomic mass is 10.0. The molecule has 20 heavy (non-hydrogen) atoms. The van der Waals surface area contributed by atoms with Crippen molar-refractivity contribution in [3.63, 3.8) is 0 Å². The maximum Gasteiger partial charge on any atom is 0.0494 e. The minimum Gasteiger partial charge on any atom is -0.337 e. The van der Waals surface area contributed by atoms with Crippen LogP contribution in [0, 0.1) is 0 Å². The first kappa shape index (κ1) is 12.0. The van der Waals surface area contributed by atoms with E-state index in [4.69, 9.17) is 0 Å². The minimum absolute atomic E-state index is 0.635. The van der Waals surface area contributed by atoms with Crippen LogP contribution < -0.4 is 0 Å². The Labute approximate surface area is 119 Å². The van der Waals surface area contributed by atoms with Crippen LogP contribution in [0.5, 0.6) is 0 Å². The lowest BCUT2D eigenvalue weighted by Gasteiger charge is -2.31. The lowest BCUT2D eigenvalue weighted by Crippen LogP contribution is -2.31. The molecule has 2 heterocycles. The Morgan fingerprint density at radius 3 is 1.85 bits per heavy atom. The summed E-state index contributed by atoms with van der Waals surface area (Å²) in [4.78, 5) is 2.43. The number of likely N-dealkylation sites (tertiary alicyclic amines) is 1. The molecular weight excluding hydrogens is 244 g/mol. The van der Waals surface area contributed by atoms with Crippen molar-refractivity contribution in [2.24, 2.45) is 0 Å². The molecule has 0 bridgehead atoms. The van der Waals surface area contributed by atoms with Crippen molar-refractivity contribution in [2.45, 2.75) is 18.9 Å². The normalized spacial score (nSPS) is 18.1. The van der Waals surface area contributed by atoms with Crippen molar-refractivity contribution < 1.29 is 0 Å². The van der Waals surface area contributed by atoms with Crippen molar-refractivity contribution >= 4 is 21.8 Å². The Bertz CT molecular complexity index is 695. The molecule has 1 fully saturated rings. The van der Waals surface area contributed by atoms with Crippen LogP contribution in [0.4, 0.5) is 0 Å². The predicted molar refractivity (Wildman–Crippen MR) is 85.2 cm³/mol. The summed E-state index contributed by atoms with van der Waals surface area (Å²) in [5.74, 6) is 0. The molecule has 3 aromatic rings. The molecule has 2 nitrogen and oxygen atoms in total. The zero-order valence-corrected chi connectivity index (χ0v) is 11.9. The van der Waals surface area contributed by atoms with Crippen LogP contribution in [-0.2, 0) is 0 Å². The molecule has 2 heteroatoms. The largest absolute Gasteiger partial charge is 0.337 e. The molecule has 1 aliphatic heterocycles. The van der Waals surface area contributed by atoms with Gasteiger partial charge in [-0.25, -0.2) is 0 Å². The van der Waals surface area contributed by atoms with Crippen LogP contribution in [0.15, 0.2) is 48.5 Å². The third-order valence-corrected chi connectivity index (χ3v) is 4.67. The molecule has 1 aromatic heterocycles. The number of hydrogen-bond donors (Lipinski definition) is 0. The first-order chi connectivity index (χ1) is 9.84. The third-order valence-electron chi connectivity index (χ3n) is 4.67. The van der Waals surface area contributed by atoms with Crippen LogP contribution in [0.1, 0.15) is 18.9 Å². The summed E-state index contributed by atoms with van der Waals surface area (Å²) < 4.78 is 2.58. The number of hydrogen-bond acceptors (Lipinski definition) is 1. The Kier molecular flexibility index (Phi) is 2.78. The van der Waals surface area contributed by atoms with Gasteiger partial charge in [-0.05, 0) is 45.1 Å². The summed E-state index contributed by atoms with van der Waals surface area (Å²) in [6.45, 7) is 2.40. The summed E-state index contributed by atoms with van der Waals surface area (Å²) in [7, 11) is 2.22. The first-order valence-corrected chi connectivity index (χ1v) is 7.51. The molecule has 2 aromatic carbocycles. The molecule has 0 saturated carbocycles.